The largest absolute Gasteiger partial charge is 0.336 e. The monoisotopic (exact) mass is 319 g/mol. The van der Waals surface area contributed by atoms with Gasteiger partial charge in [0.15, 0.2) is 0 Å². The minimum atomic E-state index is -0.615. The summed E-state index contributed by atoms with van der Waals surface area (Å²) in [4.78, 5) is 15.0. The first-order chi connectivity index (χ1) is 11.0. The van der Waals surface area contributed by atoms with Crippen molar-refractivity contribution in [3.8, 4) is 6.07 Å². The Morgan fingerprint density at radius 2 is 1.83 bits per heavy atom. The van der Waals surface area contributed by atoms with Crippen LogP contribution in [0.1, 0.15) is 72.1 Å². The van der Waals surface area contributed by atoms with E-state index in [1.807, 2.05) is 6.92 Å². The average Bonchev–Trinajstić information content (AvgIpc) is 2.81. The highest BCUT2D eigenvalue weighted by Gasteiger charge is 2.36. The summed E-state index contributed by atoms with van der Waals surface area (Å²) in [6, 6.07) is 2.26. The Balaban J connectivity index is 1.92. The molecular weight excluding hydrogens is 286 g/mol. The van der Waals surface area contributed by atoms with Crippen LogP contribution in [0.15, 0.2) is 0 Å². The van der Waals surface area contributed by atoms with E-state index in [1.54, 1.807) is 0 Å². The van der Waals surface area contributed by atoms with Crippen molar-refractivity contribution in [2.24, 2.45) is 11.8 Å². The lowest BCUT2D eigenvalue weighted by atomic mass is 9.82. The third-order valence-corrected chi connectivity index (χ3v) is 5.96. The number of nitriles is 1. The fourth-order valence-corrected chi connectivity index (χ4v) is 4.12. The second kappa shape index (κ2) is 8.15. The lowest BCUT2D eigenvalue weighted by molar-refractivity contribution is -0.127. The molecule has 23 heavy (non-hydrogen) atoms. The zero-order chi connectivity index (χ0) is 16.9. The molecule has 0 aromatic rings. The highest BCUT2D eigenvalue weighted by molar-refractivity contribution is 5.82. The van der Waals surface area contributed by atoms with Gasteiger partial charge in [-0.15, -0.1) is 0 Å². The van der Waals surface area contributed by atoms with Crippen molar-refractivity contribution < 1.29 is 4.79 Å². The van der Waals surface area contributed by atoms with E-state index in [1.165, 1.54) is 25.7 Å². The van der Waals surface area contributed by atoms with Crippen molar-refractivity contribution >= 4 is 5.91 Å². The quantitative estimate of drug-likeness (QED) is 0.863. The Morgan fingerprint density at radius 3 is 2.43 bits per heavy atom. The van der Waals surface area contributed by atoms with Crippen LogP contribution in [0.2, 0.25) is 0 Å². The second-order valence-electron chi connectivity index (χ2n) is 7.89. The number of nitrogens with one attached hydrogen (secondary N) is 1. The Kier molecular flexibility index (Phi) is 6.47. The van der Waals surface area contributed by atoms with Crippen molar-refractivity contribution in [2.45, 2.75) is 83.7 Å². The summed E-state index contributed by atoms with van der Waals surface area (Å²) in [5.41, 5.74) is -0.615. The molecule has 4 nitrogen and oxygen atoms in total. The minimum absolute atomic E-state index is 0.0384. The van der Waals surface area contributed by atoms with Gasteiger partial charge < -0.3 is 5.32 Å². The molecule has 1 saturated heterocycles. The van der Waals surface area contributed by atoms with Crippen LogP contribution < -0.4 is 5.32 Å². The Morgan fingerprint density at radius 1 is 1.13 bits per heavy atom. The maximum absolute atomic E-state index is 12.7. The molecular formula is C19H33N3O. The van der Waals surface area contributed by atoms with Crippen molar-refractivity contribution in [3.63, 3.8) is 0 Å². The van der Waals surface area contributed by atoms with Gasteiger partial charge in [0.2, 0.25) is 5.91 Å². The smallest absolute Gasteiger partial charge is 0.238 e. The van der Waals surface area contributed by atoms with Crippen molar-refractivity contribution in [2.75, 3.05) is 13.1 Å². The lowest BCUT2D eigenvalue weighted by Crippen LogP contribution is -2.55. The van der Waals surface area contributed by atoms with Gasteiger partial charge in [-0.25, -0.2) is 0 Å². The fraction of sp³-hybridized carbons (Fsp3) is 0.895. The third-order valence-electron chi connectivity index (χ3n) is 5.96. The second-order valence-corrected chi connectivity index (χ2v) is 7.89. The van der Waals surface area contributed by atoms with Crippen LogP contribution in [0.3, 0.4) is 0 Å². The molecule has 0 bridgehead atoms. The number of hydrogen-bond acceptors (Lipinski definition) is 3. The molecule has 0 aromatic heterocycles. The molecule has 1 N–H and O–H groups in total. The van der Waals surface area contributed by atoms with E-state index < -0.39 is 5.54 Å². The number of carbonyl (C=O) groups excluding carboxylic acids is 1. The predicted octanol–water partition coefficient (Wildman–Crippen LogP) is 3.48. The summed E-state index contributed by atoms with van der Waals surface area (Å²) in [6.45, 7) is 8.60. The van der Waals surface area contributed by atoms with Crippen LogP contribution in [0, 0.1) is 23.2 Å². The van der Waals surface area contributed by atoms with Gasteiger partial charge >= 0.3 is 0 Å². The third kappa shape index (κ3) is 4.70. The number of rotatable bonds is 4. The van der Waals surface area contributed by atoms with Crippen LogP contribution in [-0.4, -0.2) is 35.5 Å². The van der Waals surface area contributed by atoms with E-state index in [2.05, 4.69) is 30.1 Å². The summed E-state index contributed by atoms with van der Waals surface area (Å²) in [7, 11) is 0. The van der Waals surface area contributed by atoms with Gasteiger partial charge in [-0.3, -0.25) is 9.69 Å². The van der Waals surface area contributed by atoms with Gasteiger partial charge in [0, 0.05) is 0 Å². The van der Waals surface area contributed by atoms with Crippen molar-refractivity contribution in [1.29, 1.82) is 5.26 Å². The Labute approximate surface area is 141 Å². The summed E-state index contributed by atoms with van der Waals surface area (Å²) in [6.07, 6.45) is 8.49. The molecule has 2 fully saturated rings. The molecule has 130 valence electrons. The number of likely N-dealkylation sites (tertiary alicyclic amines) is 1. The molecule has 2 aliphatic rings. The van der Waals surface area contributed by atoms with Crippen LogP contribution in [0.25, 0.3) is 0 Å². The molecule has 2 rings (SSSR count). The first kappa shape index (κ1) is 18.3. The molecule has 1 aliphatic heterocycles. The Bertz CT molecular complexity index is 434. The zero-order valence-electron chi connectivity index (χ0n) is 15.1. The summed E-state index contributed by atoms with van der Waals surface area (Å²) >= 11 is 0. The molecule has 1 aliphatic carbocycles. The van der Waals surface area contributed by atoms with Crippen molar-refractivity contribution in [1.82, 2.24) is 10.2 Å². The number of nitrogens with zero attached hydrogens (tertiary/aromatic N) is 2. The van der Waals surface area contributed by atoms with Gasteiger partial charge in [0.05, 0.1) is 12.1 Å². The number of carbonyl (C=O) groups is 1. The molecule has 0 radical (unpaired) electrons. The van der Waals surface area contributed by atoms with Crippen LogP contribution >= 0.6 is 0 Å². The maximum Gasteiger partial charge on any atom is 0.238 e. The van der Waals surface area contributed by atoms with E-state index in [-0.39, 0.29) is 11.9 Å². The molecule has 1 saturated carbocycles. The summed E-state index contributed by atoms with van der Waals surface area (Å²) < 4.78 is 0. The standard InChI is InChI=1S/C19H33N3O/c1-15(2)17-8-7-12-22(13-9-17)16(3)18(23)21-19(14-20)10-5-4-6-11-19/h15-17H,4-13H2,1-3H3,(H,21,23)/t16-,17-/m1/s1. The van der Waals surface area contributed by atoms with Gasteiger partial charge in [-0.05, 0) is 64.0 Å². The van der Waals surface area contributed by atoms with Crippen LogP contribution in [-0.2, 0) is 4.79 Å². The lowest BCUT2D eigenvalue weighted by Gasteiger charge is -2.34. The molecule has 0 spiro atoms. The van der Waals surface area contributed by atoms with E-state index in [0.29, 0.717) is 0 Å². The zero-order valence-corrected chi connectivity index (χ0v) is 15.1. The maximum atomic E-state index is 12.7. The first-order valence-electron chi connectivity index (χ1n) is 9.45. The van der Waals surface area contributed by atoms with E-state index in [4.69, 9.17) is 0 Å². The highest BCUT2D eigenvalue weighted by Crippen LogP contribution is 2.28. The van der Waals surface area contributed by atoms with Gasteiger partial charge in [0.25, 0.3) is 0 Å². The normalized spacial score (nSPS) is 27.0. The molecule has 4 heteroatoms. The molecule has 0 unspecified atom stereocenters. The van der Waals surface area contributed by atoms with Gasteiger partial charge in [-0.2, -0.15) is 5.26 Å². The van der Waals surface area contributed by atoms with Crippen molar-refractivity contribution in [3.05, 3.63) is 0 Å². The molecule has 1 amide bonds. The number of hydrogen-bond donors (Lipinski definition) is 1. The SMILES string of the molecule is CC(C)[C@@H]1CCCN([C@H](C)C(=O)NC2(C#N)CCCCC2)CC1. The minimum Gasteiger partial charge on any atom is -0.336 e. The highest BCUT2D eigenvalue weighted by atomic mass is 16.2. The number of amides is 1. The predicted molar refractivity (Wildman–Crippen MR) is 92.8 cm³/mol. The average molecular weight is 319 g/mol. The fourth-order valence-electron chi connectivity index (χ4n) is 4.12. The summed E-state index contributed by atoms with van der Waals surface area (Å²) in [5, 5.41) is 12.6. The molecule has 0 aromatic carbocycles. The van der Waals surface area contributed by atoms with E-state index in [0.717, 1.165) is 50.6 Å². The van der Waals surface area contributed by atoms with Crippen LogP contribution in [0.4, 0.5) is 0 Å². The van der Waals surface area contributed by atoms with Gasteiger partial charge in [-0.1, -0.05) is 33.1 Å². The van der Waals surface area contributed by atoms with Crippen LogP contribution in [0.5, 0.6) is 0 Å². The first-order valence-corrected chi connectivity index (χ1v) is 9.45. The molecule has 2 atom stereocenters. The Hall–Kier alpha value is -1.08. The molecule has 1 heterocycles. The topological polar surface area (TPSA) is 56.1 Å². The van der Waals surface area contributed by atoms with E-state index >= 15 is 0 Å². The van der Waals surface area contributed by atoms with E-state index in [9.17, 15) is 10.1 Å². The summed E-state index contributed by atoms with van der Waals surface area (Å²) in [5.74, 6) is 1.54. The van der Waals surface area contributed by atoms with Gasteiger partial charge in [0.1, 0.15) is 5.54 Å².